The van der Waals surface area contributed by atoms with Crippen molar-refractivity contribution in [3.8, 4) is 6.07 Å². The molecule has 0 saturated carbocycles. The van der Waals surface area contributed by atoms with Crippen molar-refractivity contribution >= 4 is 27.5 Å². The van der Waals surface area contributed by atoms with Crippen LogP contribution in [0.15, 0.2) is 46.9 Å². The Balaban J connectivity index is 2.21. The monoisotopic (exact) mass is 314 g/mol. The number of nitrogens with one attached hydrogen (secondary N) is 1. The first-order chi connectivity index (χ1) is 9.10. The normalized spacial score (nSPS) is 9.74. The molecule has 0 aliphatic rings. The molecule has 1 amide bonds. The van der Waals surface area contributed by atoms with Crippen molar-refractivity contribution in [2.75, 3.05) is 5.32 Å². The summed E-state index contributed by atoms with van der Waals surface area (Å²) in [6.07, 6.45) is 0. The van der Waals surface area contributed by atoms with E-state index < -0.39 is 0 Å². The van der Waals surface area contributed by atoms with Crippen molar-refractivity contribution in [2.45, 2.75) is 6.92 Å². The van der Waals surface area contributed by atoms with E-state index in [4.69, 9.17) is 5.26 Å². The first kappa shape index (κ1) is 13.3. The lowest BCUT2D eigenvalue weighted by Crippen LogP contribution is -2.12. The summed E-state index contributed by atoms with van der Waals surface area (Å²) in [4.78, 5) is 12.1. The molecular weight excluding hydrogens is 304 g/mol. The topological polar surface area (TPSA) is 52.9 Å². The number of nitrogens with zero attached hydrogens (tertiary/aromatic N) is 1. The Morgan fingerprint density at radius 2 is 1.89 bits per heavy atom. The predicted octanol–water partition coefficient (Wildman–Crippen LogP) is 3.88. The number of hydrogen-bond donors (Lipinski definition) is 1. The van der Waals surface area contributed by atoms with E-state index in [0.29, 0.717) is 16.8 Å². The second-order valence-electron chi connectivity index (χ2n) is 4.13. The third-order valence-electron chi connectivity index (χ3n) is 2.64. The molecule has 1 N–H and O–H groups in total. The molecule has 0 radical (unpaired) electrons. The highest BCUT2D eigenvalue weighted by molar-refractivity contribution is 9.10. The maximum atomic E-state index is 12.1. The minimum absolute atomic E-state index is 0.180. The summed E-state index contributed by atoms with van der Waals surface area (Å²) in [5.74, 6) is -0.180. The highest BCUT2D eigenvalue weighted by Gasteiger charge is 2.10. The molecule has 0 aliphatic heterocycles. The van der Waals surface area contributed by atoms with Crippen molar-refractivity contribution in [2.24, 2.45) is 0 Å². The first-order valence-electron chi connectivity index (χ1n) is 5.68. The molecule has 0 atom stereocenters. The van der Waals surface area contributed by atoms with Crippen molar-refractivity contribution in [3.63, 3.8) is 0 Å². The highest BCUT2D eigenvalue weighted by Crippen LogP contribution is 2.20. The average Bonchev–Trinajstić information content (AvgIpc) is 2.42. The Morgan fingerprint density at radius 1 is 1.21 bits per heavy atom. The molecule has 2 aromatic carbocycles. The Labute approximate surface area is 120 Å². The van der Waals surface area contributed by atoms with Gasteiger partial charge in [-0.05, 0) is 59.3 Å². The molecule has 0 aliphatic carbocycles. The zero-order chi connectivity index (χ0) is 13.8. The smallest absolute Gasteiger partial charge is 0.256 e. The number of hydrogen-bond acceptors (Lipinski definition) is 2. The molecule has 19 heavy (non-hydrogen) atoms. The molecule has 2 rings (SSSR count). The van der Waals surface area contributed by atoms with Gasteiger partial charge in [0.25, 0.3) is 5.91 Å². The number of amides is 1. The van der Waals surface area contributed by atoms with E-state index in [1.807, 2.05) is 31.2 Å². The summed E-state index contributed by atoms with van der Waals surface area (Å²) < 4.78 is 0.754. The molecule has 0 spiro atoms. The maximum Gasteiger partial charge on any atom is 0.256 e. The molecular formula is C15H11BrN2O. The zero-order valence-corrected chi connectivity index (χ0v) is 11.9. The standard InChI is InChI=1S/C15H11BrN2O/c1-10-2-7-14(16)13(8-10)15(19)18-12-5-3-11(9-17)4-6-12/h2-8H,1H3,(H,18,19). The van der Waals surface area contributed by atoms with Gasteiger partial charge < -0.3 is 5.32 Å². The van der Waals surface area contributed by atoms with Crippen LogP contribution in [0, 0.1) is 18.3 Å². The summed E-state index contributed by atoms with van der Waals surface area (Å²) in [5, 5.41) is 11.5. The lowest BCUT2D eigenvalue weighted by Gasteiger charge is -2.07. The minimum atomic E-state index is -0.180. The first-order valence-corrected chi connectivity index (χ1v) is 6.47. The molecule has 0 fully saturated rings. The number of aryl methyl sites for hydroxylation is 1. The lowest BCUT2D eigenvalue weighted by atomic mass is 10.1. The Bertz CT molecular complexity index is 657. The van der Waals surface area contributed by atoms with Crippen molar-refractivity contribution in [3.05, 3.63) is 63.6 Å². The Hall–Kier alpha value is -2.12. The predicted molar refractivity (Wildman–Crippen MR) is 78.0 cm³/mol. The minimum Gasteiger partial charge on any atom is -0.322 e. The molecule has 0 heterocycles. The van der Waals surface area contributed by atoms with E-state index >= 15 is 0 Å². The van der Waals surface area contributed by atoms with Crippen LogP contribution in [0.4, 0.5) is 5.69 Å². The maximum absolute atomic E-state index is 12.1. The van der Waals surface area contributed by atoms with Crippen LogP contribution in [0.3, 0.4) is 0 Å². The van der Waals surface area contributed by atoms with Gasteiger partial charge in [-0.15, -0.1) is 0 Å². The quantitative estimate of drug-likeness (QED) is 0.914. The number of rotatable bonds is 2. The second kappa shape index (κ2) is 5.68. The van der Waals surface area contributed by atoms with Gasteiger partial charge >= 0.3 is 0 Å². The zero-order valence-electron chi connectivity index (χ0n) is 10.3. The Kier molecular flexibility index (Phi) is 3.98. The molecule has 3 nitrogen and oxygen atoms in total. The fraction of sp³-hybridized carbons (Fsp3) is 0.0667. The van der Waals surface area contributed by atoms with Gasteiger partial charge in [0.15, 0.2) is 0 Å². The summed E-state index contributed by atoms with van der Waals surface area (Å²) in [6, 6.07) is 14.4. The Morgan fingerprint density at radius 3 is 2.53 bits per heavy atom. The van der Waals surface area contributed by atoms with Gasteiger partial charge in [-0.25, -0.2) is 0 Å². The van der Waals surface area contributed by atoms with Gasteiger partial charge in [-0.2, -0.15) is 5.26 Å². The van der Waals surface area contributed by atoms with Gasteiger partial charge in [0.2, 0.25) is 0 Å². The van der Waals surface area contributed by atoms with Crippen LogP contribution in [-0.4, -0.2) is 5.91 Å². The summed E-state index contributed by atoms with van der Waals surface area (Å²) >= 11 is 3.36. The largest absolute Gasteiger partial charge is 0.322 e. The van der Waals surface area contributed by atoms with E-state index in [9.17, 15) is 4.79 Å². The van der Waals surface area contributed by atoms with Crippen LogP contribution >= 0.6 is 15.9 Å². The van der Waals surface area contributed by atoms with Crippen LogP contribution in [-0.2, 0) is 0 Å². The third-order valence-corrected chi connectivity index (χ3v) is 3.33. The van der Waals surface area contributed by atoms with E-state index in [0.717, 1.165) is 10.0 Å². The SMILES string of the molecule is Cc1ccc(Br)c(C(=O)Nc2ccc(C#N)cc2)c1. The molecule has 0 bridgehead atoms. The molecule has 4 heteroatoms. The average molecular weight is 315 g/mol. The van der Waals surface area contributed by atoms with Crippen LogP contribution in [0.25, 0.3) is 0 Å². The summed E-state index contributed by atoms with van der Waals surface area (Å²) in [7, 11) is 0. The van der Waals surface area contributed by atoms with Gasteiger partial charge in [0, 0.05) is 10.2 Å². The fourth-order valence-corrected chi connectivity index (χ4v) is 2.07. The molecule has 0 unspecified atom stereocenters. The van der Waals surface area contributed by atoms with E-state index in [-0.39, 0.29) is 5.91 Å². The van der Waals surface area contributed by atoms with Crippen molar-refractivity contribution in [1.29, 1.82) is 5.26 Å². The van der Waals surface area contributed by atoms with E-state index in [2.05, 4.69) is 21.2 Å². The third kappa shape index (κ3) is 3.21. The number of anilines is 1. The van der Waals surface area contributed by atoms with Gasteiger partial charge in [0.1, 0.15) is 0 Å². The summed E-state index contributed by atoms with van der Waals surface area (Å²) in [5.41, 5.74) is 2.84. The fourth-order valence-electron chi connectivity index (χ4n) is 1.64. The number of halogens is 1. The van der Waals surface area contributed by atoms with Gasteiger partial charge in [0.05, 0.1) is 17.2 Å². The molecule has 0 aromatic heterocycles. The lowest BCUT2D eigenvalue weighted by molar-refractivity contribution is 0.102. The number of carbonyl (C=O) groups is 1. The van der Waals surface area contributed by atoms with Crippen molar-refractivity contribution < 1.29 is 4.79 Å². The molecule has 94 valence electrons. The van der Waals surface area contributed by atoms with Crippen LogP contribution < -0.4 is 5.32 Å². The number of benzene rings is 2. The highest BCUT2D eigenvalue weighted by atomic mass is 79.9. The van der Waals surface area contributed by atoms with Crippen LogP contribution in [0.2, 0.25) is 0 Å². The van der Waals surface area contributed by atoms with Crippen LogP contribution in [0.1, 0.15) is 21.5 Å². The van der Waals surface area contributed by atoms with E-state index in [1.165, 1.54) is 0 Å². The summed E-state index contributed by atoms with van der Waals surface area (Å²) in [6.45, 7) is 1.94. The molecule has 0 saturated heterocycles. The molecule has 2 aromatic rings. The van der Waals surface area contributed by atoms with Gasteiger partial charge in [-0.1, -0.05) is 11.6 Å². The number of carbonyl (C=O) groups excluding carboxylic acids is 1. The van der Waals surface area contributed by atoms with Gasteiger partial charge in [-0.3, -0.25) is 4.79 Å². The van der Waals surface area contributed by atoms with Crippen molar-refractivity contribution in [1.82, 2.24) is 0 Å². The second-order valence-corrected chi connectivity index (χ2v) is 4.98. The van der Waals surface area contributed by atoms with E-state index in [1.54, 1.807) is 24.3 Å². The van der Waals surface area contributed by atoms with Crippen LogP contribution in [0.5, 0.6) is 0 Å². The number of nitriles is 1.